The van der Waals surface area contributed by atoms with Crippen LogP contribution in [0.3, 0.4) is 0 Å². The Morgan fingerprint density at radius 3 is 2.94 bits per heavy atom. The van der Waals surface area contributed by atoms with Crippen molar-refractivity contribution in [2.24, 2.45) is 5.92 Å². The zero-order chi connectivity index (χ0) is 12.9. The molecule has 1 aromatic rings. The summed E-state index contributed by atoms with van der Waals surface area (Å²) >= 11 is 6.07. The van der Waals surface area contributed by atoms with Gasteiger partial charge in [0.15, 0.2) is 0 Å². The van der Waals surface area contributed by atoms with Gasteiger partial charge in [0.1, 0.15) is 0 Å². The smallest absolute Gasteiger partial charge is 0.0396 e. The Morgan fingerprint density at radius 1 is 1.44 bits per heavy atom. The van der Waals surface area contributed by atoms with Gasteiger partial charge in [-0.25, -0.2) is 0 Å². The van der Waals surface area contributed by atoms with Crippen molar-refractivity contribution in [2.75, 3.05) is 11.6 Å². The number of hydrogen-bond acceptors (Lipinski definition) is 2. The molecule has 0 bridgehead atoms. The number of hydrogen-bond donors (Lipinski definition) is 1. The van der Waals surface area contributed by atoms with Crippen LogP contribution >= 0.6 is 11.6 Å². The lowest BCUT2D eigenvalue weighted by Gasteiger charge is -2.23. The first-order valence-electron chi connectivity index (χ1n) is 6.17. The number of fused-ring (bicyclic) bond motifs is 2. The summed E-state index contributed by atoms with van der Waals surface area (Å²) in [5.41, 5.74) is 10.5. The Kier molecular flexibility index (Phi) is 2.63. The van der Waals surface area contributed by atoms with Gasteiger partial charge in [0, 0.05) is 22.7 Å². The lowest BCUT2D eigenvalue weighted by atomic mass is 9.89. The van der Waals surface area contributed by atoms with Crippen molar-refractivity contribution in [2.45, 2.75) is 19.8 Å². The number of benzene rings is 1. The molecule has 0 saturated carbocycles. The van der Waals surface area contributed by atoms with Crippen LogP contribution in [-0.4, -0.2) is 5.88 Å². The maximum atomic E-state index is 12.2. The van der Waals surface area contributed by atoms with E-state index in [1.54, 1.807) is 0 Å². The van der Waals surface area contributed by atoms with Gasteiger partial charge in [0.05, 0.1) is 0 Å². The van der Waals surface area contributed by atoms with Crippen LogP contribution in [-0.2, 0) is 0 Å². The number of nitrogen functional groups attached to an aromatic ring is 1. The van der Waals surface area contributed by atoms with Crippen LogP contribution in [0.15, 0.2) is 29.3 Å². The summed E-state index contributed by atoms with van der Waals surface area (Å²) < 4.78 is 0. The molecule has 0 spiro atoms. The number of alkyl halides is 1. The first kappa shape index (κ1) is 11.7. The first-order chi connectivity index (χ1) is 8.63. The van der Waals surface area contributed by atoms with E-state index in [1.165, 1.54) is 16.7 Å². The van der Waals surface area contributed by atoms with Crippen LogP contribution in [0.2, 0.25) is 0 Å². The molecule has 0 amide bonds. The number of allylic oxidation sites excluding steroid dienone is 1. The van der Waals surface area contributed by atoms with Gasteiger partial charge >= 0.3 is 0 Å². The van der Waals surface area contributed by atoms with Crippen molar-refractivity contribution in [3.05, 3.63) is 39.8 Å². The molecule has 1 unspecified atom stereocenters. The molecule has 2 N–H and O–H groups in total. The minimum Gasteiger partial charge on any atom is -0.875 e. The molecule has 0 aromatic heterocycles. The monoisotopic (exact) mass is 260 g/mol. The summed E-state index contributed by atoms with van der Waals surface area (Å²) in [5, 5.41) is 13.9. The van der Waals surface area contributed by atoms with E-state index in [0.29, 0.717) is 23.9 Å². The minimum atomic E-state index is 0.172. The van der Waals surface area contributed by atoms with Crippen LogP contribution < -0.4 is 21.3 Å². The maximum Gasteiger partial charge on any atom is 0.0396 e. The Bertz CT molecular complexity index is 672. The third-order valence-electron chi connectivity index (χ3n) is 3.99. The summed E-state index contributed by atoms with van der Waals surface area (Å²) in [6.45, 7) is 2.10. The highest BCUT2D eigenvalue weighted by atomic mass is 35.5. The third kappa shape index (κ3) is 1.49. The normalized spacial score (nSPS) is 22.2. The van der Waals surface area contributed by atoms with Crippen LogP contribution in [0.1, 0.15) is 19.8 Å². The molecule has 0 heterocycles. The van der Waals surface area contributed by atoms with Gasteiger partial charge in [-0.15, -0.1) is 17.4 Å². The highest BCUT2D eigenvalue weighted by molar-refractivity contribution is 6.18. The van der Waals surface area contributed by atoms with Crippen molar-refractivity contribution in [1.82, 2.24) is 0 Å². The molecule has 3 rings (SSSR count). The fourth-order valence-electron chi connectivity index (χ4n) is 3.16. The van der Waals surface area contributed by atoms with E-state index in [4.69, 9.17) is 17.3 Å². The fraction of sp³-hybridized carbons (Fsp3) is 0.333. The van der Waals surface area contributed by atoms with Gasteiger partial charge in [-0.1, -0.05) is 17.7 Å². The summed E-state index contributed by atoms with van der Waals surface area (Å²) in [7, 11) is 0. The largest absolute Gasteiger partial charge is 0.875 e. The predicted molar refractivity (Wildman–Crippen MR) is 73.1 cm³/mol. The molecule has 0 radical (unpaired) electrons. The molecule has 1 aromatic carbocycles. The molecule has 0 fully saturated rings. The van der Waals surface area contributed by atoms with Gasteiger partial charge in [-0.3, -0.25) is 0 Å². The van der Waals surface area contributed by atoms with Crippen molar-refractivity contribution in [3.8, 4) is 0 Å². The van der Waals surface area contributed by atoms with Gasteiger partial charge < -0.3 is 10.8 Å². The van der Waals surface area contributed by atoms with Crippen LogP contribution in [0.4, 0.5) is 5.69 Å². The second-order valence-corrected chi connectivity index (χ2v) is 5.41. The molecule has 18 heavy (non-hydrogen) atoms. The van der Waals surface area contributed by atoms with Crippen molar-refractivity contribution in [1.29, 1.82) is 0 Å². The molecular weight excluding hydrogens is 246 g/mol. The lowest BCUT2D eigenvalue weighted by Crippen LogP contribution is -2.39. The topological polar surface area (TPSA) is 49.1 Å². The van der Waals surface area contributed by atoms with Crippen molar-refractivity contribution in [3.63, 3.8) is 0 Å². The van der Waals surface area contributed by atoms with Crippen molar-refractivity contribution >= 4 is 28.6 Å². The van der Waals surface area contributed by atoms with Crippen LogP contribution in [0, 0.1) is 5.92 Å². The summed E-state index contributed by atoms with van der Waals surface area (Å²) in [6.07, 6.45) is 1.46. The summed E-state index contributed by atoms with van der Waals surface area (Å²) in [4.78, 5) is 0. The van der Waals surface area contributed by atoms with E-state index in [0.717, 1.165) is 16.9 Å². The number of nitrogens with two attached hydrogens (primary N) is 1. The molecule has 2 nitrogen and oxygen atoms in total. The molecule has 94 valence electrons. The van der Waals surface area contributed by atoms with E-state index >= 15 is 0 Å². The highest BCUT2D eigenvalue weighted by Crippen LogP contribution is 2.41. The fourth-order valence-corrected chi connectivity index (χ4v) is 3.43. The molecule has 0 aliphatic heterocycles. The summed E-state index contributed by atoms with van der Waals surface area (Å²) in [5.74, 6) is 1.06. The van der Waals surface area contributed by atoms with Gasteiger partial charge in [-0.2, -0.15) is 0 Å². The maximum absolute atomic E-state index is 12.2. The number of rotatable bonds is 1. The van der Waals surface area contributed by atoms with E-state index in [2.05, 4.69) is 6.92 Å². The summed E-state index contributed by atoms with van der Waals surface area (Å²) in [6, 6.07) is 5.58. The standard InChI is InChI=1S/C15H16ClNO/c1-8-5-9(7-16)14-11(8)6-13(18)10-3-2-4-12(17)15(10)14/h2-4,9,18H,5-7,17H2,1H3/p-1. The highest BCUT2D eigenvalue weighted by Gasteiger charge is 2.29. The minimum absolute atomic E-state index is 0.172. The predicted octanol–water partition coefficient (Wildman–Crippen LogP) is 0.867. The molecule has 0 saturated heterocycles. The zero-order valence-electron chi connectivity index (χ0n) is 10.3. The van der Waals surface area contributed by atoms with Crippen LogP contribution in [0.25, 0.3) is 11.3 Å². The zero-order valence-corrected chi connectivity index (χ0v) is 11.1. The molecule has 1 atom stereocenters. The first-order valence-corrected chi connectivity index (χ1v) is 6.70. The second-order valence-electron chi connectivity index (χ2n) is 5.10. The Balaban J connectivity index is 2.49. The quantitative estimate of drug-likeness (QED) is 0.602. The Labute approximate surface area is 111 Å². The molecule has 2 aliphatic carbocycles. The SMILES string of the molecule is CC1=C2CC([O-])=c3cccc(N)c3=C2C(CCl)C1. The second kappa shape index (κ2) is 4.06. The molecule has 2 aliphatic rings. The Morgan fingerprint density at radius 2 is 2.22 bits per heavy atom. The van der Waals surface area contributed by atoms with E-state index in [-0.39, 0.29) is 5.76 Å². The number of anilines is 1. The Hall–Kier alpha value is -1.41. The lowest BCUT2D eigenvalue weighted by molar-refractivity contribution is -0.251. The van der Waals surface area contributed by atoms with E-state index in [1.807, 2.05) is 18.2 Å². The third-order valence-corrected chi connectivity index (χ3v) is 4.36. The average molecular weight is 261 g/mol. The van der Waals surface area contributed by atoms with Crippen molar-refractivity contribution < 1.29 is 5.11 Å². The molecular formula is C15H15ClNO-. The van der Waals surface area contributed by atoms with Gasteiger partial charge in [-0.05, 0) is 42.2 Å². The molecule has 3 heteroatoms. The van der Waals surface area contributed by atoms with Gasteiger partial charge in [0.25, 0.3) is 0 Å². The van der Waals surface area contributed by atoms with E-state index in [9.17, 15) is 5.11 Å². The van der Waals surface area contributed by atoms with Crippen LogP contribution in [0.5, 0.6) is 0 Å². The van der Waals surface area contributed by atoms with E-state index < -0.39 is 0 Å². The van der Waals surface area contributed by atoms with Gasteiger partial charge in [0.2, 0.25) is 0 Å². The average Bonchev–Trinajstić information content (AvgIpc) is 2.67. The number of halogens is 1.